The topological polar surface area (TPSA) is 38.9 Å². The van der Waals surface area contributed by atoms with Crippen molar-refractivity contribution in [1.82, 2.24) is 10.1 Å². The Labute approximate surface area is 76.4 Å². The highest BCUT2D eigenvalue weighted by Gasteiger charge is 2.11. The molecule has 0 saturated heterocycles. The third-order valence-corrected chi connectivity index (χ3v) is 2.07. The van der Waals surface area contributed by atoms with Crippen molar-refractivity contribution in [3.63, 3.8) is 0 Å². The van der Waals surface area contributed by atoms with Crippen molar-refractivity contribution in [2.45, 2.75) is 12.8 Å². The van der Waals surface area contributed by atoms with Crippen LogP contribution in [0.25, 0.3) is 0 Å². The van der Waals surface area contributed by atoms with Gasteiger partial charge in [0.1, 0.15) is 0 Å². The quantitative estimate of drug-likeness (QED) is 0.700. The Morgan fingerprint density at radius 1 is 1.23 bits per heavy atom. The van der Waals surface area contributed by atoms with Crippen molar-refractivity contribution in [3.05, 3.63) is 48.1 Å². The van der Waals surface area contributed by atoms with E-state index in [0.717, 1.165) is 5.82 Å². The van der Waals surface area contributed by atoms with Crippen LogP contribution in [0.15, 0.2) is 41.2 Å². The number of nitrogens with zero attached hydrogens (tertiary/aromatic N) is 2. The molecule has 13 heavy (non-hydrogen) atoms. The molecule has 1 heterocycles. The Morgan fingerprint density at radius 3 is 2.62 bits per heavy atom. The molecule has 3 nitrogen and oxygen atoms in total. The van der Waals surface area contributed by atoms with Crippen LogP contribution in [-0.4, -0.2) is 10.1 Å². The van der Waals surface area contributed by atoms with E-state index >= 15 is 0 Å². The average Bonchev–Trinajstić information content (AvgIpc) is 2.71. The van der Waals surface area contributed by atoms with E-state index < -0.39 is 0 Å². The van der Waals surface area contributed by atoms with Crippen LogP contribution in [0.1, 0.15) is 24.2 Å². The molecule has 2 rings (SSSR count). The molecule has 0 aliphatic rings. The smallest absolute Gasteiger partial charge is 0.213 e. The molecule has 1 aromatic carbocycles. The van der Waals surface area contributed by atoms with E-state index in [9.17, 15) is 0 Å². The first-order chi connectivity index (χ1) is 6.38. The van der Waals surface area contributed by atoms with Gasteiger partial charge in [0.2, 0.25) is 6.39 Å². The largest absolute Gasteiger partial charge is 0.343 e. The van der Waals surface area contributed by atoms with Gasteiger partial charge in [-0.05, 0) is 5.56 Å². The summed E-state index contributed by atoms with van der Waals surface area (Å²) in [7, 11) is 0. The highest BCUT2D eigenvalue weighted by Crippen LogP contribution is 2.19. The van der Waals surface area contributed by atoms with Crippen molar-refractivity contribution in [2.24, 2.45) is 0 Å². The summed E-state index contributed by atoms with van der Waals surface area (Å²) in [5, 5.41) is 3.81. The molecule has 0 fully saturated rings. The molecule has 0 aliphatic heterocycles. The first-order valence-electron chi connectivity index (χ1n) is 4.19. The SMILES string of the molecule is CC(c1ccccc1)c1ncon1. The van der Waals surface area contributed by atoms with Crippen LogP contribution in [0.3, 0.4) is 0 Å². The molecular formula is C10H10N2O. The number of hydrogen-bond acceptors (Lipinski definition) is 3. The lowest BCUT2D eigenvalue weighted by Gasteiger charge is -2.05. The van der Waals surface area contributed by atoms with Gasteiger partial charge in [0.25, 0.3) is 0 Å². The molecule has 1 atom stereocenters. The van der Waals surface area contributed by atoms with Crippen LogP contribution in [0, 0.1) is 0 Å². The summed E-state index contributed by atoms with van der Waals surface area (Å²) in [6.07, 6.45) is 1.36. The molecule has 0 bridgehead atoms. The van der Waals surface area contributed by atoms with Crippen LogP contribution < -0.4 is 0 Å². The molecule has 0 aliphatic carbocycles. The maximum absolute atomic E-state index is 4.70. The monoisotopic (exact) mass is 174 g/mol. The Balaban J connectivity index is 2.29. The molecule has 0 N–H and O–H groups in total. The summed E-state index contributed by atoms with van der Waals surface area (Å²) >= 11 is 0. The van der Waals surface area contributed by atoms with Crippen molar-refractivity contribution < 1.29 is 4.52 Å². The second kappa shape index (κ2) is 3.39. The van der Waals surface area contributed by atoms with E-state index in [2.05, 4.69) is 29.2 Å². The van der Waals surface area contributed by atoms with Crippen LogP contribution in [0.5, 0.6) is 0 Å². The lowest BCUT2D eigenvalue weighted by atomic mass is 10.0. The number of rotatable bonds is 2. The third-order valence-electron chi connectivity index (χ3n) is 2.07. The Morgan fingerprint density at radius 2 is 2.00 bits per heavy atom. The number of hydrogen-bond donors (Lipinski definition) is 0. The molecule has 0 spiro atoms. The molecular weight excluding hydrogens is 164 g/mol. The second-order valence-electron chi connectivity index (χ2n) is 2.92. The highest BCUT2D eigenvalue weighted by molar-refractivity contribution is 5.23. The molecule has 1 aromatic heterocycles. The number of benzene rings is 1. The predicted molar refractivity (Wildman–Crippen MR) is 48.3 cm³/mol. The van der Waals surface area contributed by atoms with Gasteiger partial charge in [-0.25, -0.2) is 0 Å². The predicted octanol–water partition coefficient (Wildman–Crippen LogP) is 2.22. The first kappa shape index (κ1) is 7.98. The summed E-state index contributed by atoms with van der Waals surface area (Å²) in [6, 6.07) is 10.1. The van der Waals surface area contributed by atoms with Gasteiger partial charge in [-0.2, -0.15) is 4.98 Å². The van der Waals surface area contributed by atoms with Gasteiger partial charge >= 0.3 is 0 Å². The minimum atomic E-state index is 0.194. The van der Waals surface area contributed by atoms with E-state index in [1.165, 1.54) is 12.0 Å². The Bertz CT molecular complexity index is 356. The van der Waals surface area contributed by atoms with Crippen molar-refractivity contribution in [2.75, 3.05) is 0 Å². The van der Waals surface area contributed by atoms with Gasteiger partial charge in [0.05, 0.1) is 0 Å². The van der Waals surface area contributed by atoms with Gasteiger partial charge < -0.3 is 4.52 Å². The summed E-state index contributed by atoms with van der Waals surface area (Å²) in [5.74, 6) is 0.922. The van der Waals surface area contributed by atoms with Crippen molar-refractivity contribution >= 4 is 0 Å². The molecule has 0 saturated carbocycles. The van der Waals surface area contributed by atoms with E-state index in [1.54, 1.807) is 0 Å². The van der Waals surface area contributed by atoms with Crippen LogP contribution in [-0.2, 0) is 0 Å². The zero-order valence-electron chi connectivity index (χ0n) is 7.34. The fraction of sp³-hybridized carbons (Fsp3) is 0.200. The molecule has 3 heteroatoms. The maximum atomic E-state index is 4.70. The fourth-order valence-corrected chi connectivity index (χ4v) is 1.26. The summed E-state index contributed by atoms with van der Waals surface area (Å²) < 4.78 is 4.70. The minimum absolute atomic E-state index is 0.194. The summed E-state index contributed by atoms with van der Waals surface area (Å²) in [6.45, 7) is 2.06. The second-order valence-corrected chi connectivity index (χ2v) is 2.92. The van der Waals surface area contributed by atoms with Crippen molar-refractivity contribution in [1.29, 1.82) is 0 Å². The van der Waals surface area contributed by atoms with Crippen LogP contribution in [0.4, 0.5) is 0 Å². The molecule has 0 radical (unpaired) electrons. The Hall–Kier alpha value is -1.64. The minimum Gasteiger partial charge on any atom is -0.343 e. The average molecular weight is 174 g/mol. The van der Waals surface area contributed by atoms with Crippen LogP contribution >= 0.6 is 0 Å². The van der Waals surface area contributed by atoms with Gasteiger partial charge in [0.15, 0.2) is 5.82 Å². The fourth-order valence-electron chi connectivity index (χ4n) is 1.26. The molecule has 0 amide bonds. The van der Waals surface area contributed by atoms with E-state index in [0.29, 0.717) is 0 Å². The van der Waals surface area contributed by atoms with Gasteiger partial charge in [-0.3, -0.25) is 0 Å². The van der Waals surface area contributed by atoms with Gasteiger partial charge in [0, 0.05) is 5.92 Å². The summed E-state index contributed by atoms with van der Waals surface area (Å²) in [4.78, 5) is 4.01. The van der Waals surface area contributed by atoms with E-state index in [-0.39, 0.29) is 5.92 Å². The molecule has 2 aromatic rings. The van der Waals surface area contributed by atoms with E-state index in [1.807, 2.05) is 18.2 Å². The lowest BCUT2D eigenvalue weighted by molar-refractivity contribution is 0.408. The zero-order chi connectivity index (χ0) is 9.10. The highest BCUT2D eigenvalue weighted by atomic mass is 16.5. The van der Waals surface area contributed by atoms with Crippen molar-refractivity contribution in [3.8, 4) is 0 Å². The first-order valence-corrected chi connectivity index (χ1v) is 4.19. The maximum Gasteiger partial charge on any atom is 0.213 e. The van der Waals surface area contributed by atoms with E-state index in [4.69, 9.17) is 4.52 Å². The van der Waals surface area contributed by atoms with Gasteiger partial charge in [-0.1, -0.05) is 42.4 Å². The Kier molecular flexibility index (Phi) is 2.08. The molecule has 1 unspecified atom stereocenters. The normalized spacial score (nSPS) is 12.7. The molecule has 66 valence electrons. The van der Waals surface area contributed by atoms with Gasteiger partial charge in [-0.15, -0.1) is 0 Å². The lowest BCUT2D eigenvalue weighted by Crippen LogP contribution is -1.97. The zero-order valence-corrected chi connectivity index (χ0v) is 7.34. The number of aromatic nitrogens is 2. The standard InChI is InChI=1S/C10H10N2O/c1-8(10-11-7-13-12-10)9-5-3-2-4-6-9/h2-8H,1H3. The third kappa shape index (κ3) is 1.59. The summed E-state index contributed by atoms with van der Waals surface area (Å²) in [5.41, 5.74) is 1.20. The van der Waals surface area contributed by atoms with Crippen LogP contribution in [0.2, 0.25) is 0 Å².